The number of ether oxygens (including phenoxy) is 1. The van der Waals surface area contributed by atoms with Gasteiger partial charge in [0.25, 0.3) is 0 Å². The highest BCUT2D eigenvalue weighted by atomic mass is 32.1. The lowest BCUT2D eigenvalue weighted by molar-refractivity contribution is -0.922. The fourth-order valence-corrected chi connectivity index (χ4v) is 4.99. The highest BCUT2D eigenvalue weighted by Crippen LogP contribution is 2.36. The van der Waals surface area contributed by atoms with Crippen molar-refractivity contribution in [2.75, 3.05) is 43.5 Å². The van der Waals surface area contributed by atoms with Crippen LogP contribution in [0.1, 0.15) is 5.82 Å². The highest BCUT2D eigenvalue weighted by molar-refractivity contribution is 7.17. The van der Waals surface area contributed by atoms with Gasteiger partial charge in [-0.15, -0.1) is 11.3 Å². The summed E-state index contributed by atoms with van der Waals surface area (Å²) in [5.74, 6) is -1.13. The van der Waals surface area contributed by atoms with Crippen molar-refractivity contribution in [1.29, 1.82) is 0 Å². The second kappa shape index (κ2) is 10.4. The molecule has 0 radical (unpaired) electrons. The Labute approximate surface area is 204 Å². The van der Waals surface area contributed by atoms with Crippen molar-refractivity contribution < 1.29 is 23.2 Å². The summed E-state index contributed by atoms with van der Waals surface area (Å²) in [7, 11) is 0. The number of benzene rings is 2. The normalized spacial score (nSPS) is 14.2. The number of fused-ring (bicyclic) bond motifs is 1. The van der Waals surface area contributed by atoms with Gasteiger partial charge in [0.1, 0.15) is 30.3 Å². The first kappa shape index (κ1) is 23.3. The van der Waals surface area contributed by atoms with E-state index in [9.17, 15) is 13.6 Å². The number of hydrogen-bond acceptors (Lipinski definition) is 6. The number of anilines is 2. The van der Waals surface area contributed by atoms with Gasteiger partial charge >= 0.3 is 0 Å². The molecule has 1 aliphatic heterocycles. The van der Waals surface area contributed by atoms with Crippen LogP contribution in [0.15, 0.2) is 53.9 Å². The van der Waals surface area contributed by atoms with E-state index in [1.54, 1.807) is 0 Å². The molecular weight excluding hydrogens is 472 g/mol. The molecule has 1 fully saturated rings. The summed E-state index contributed by atoms with van der Waals surface area (Å²) in [6.45, 7) is 3.77. The van der Waals surface area contributed by atoms with E-state index in [-0.39, 0.29) is 12.2 Å². The zero-order valence-corrected chi connectivity index (χ0v) is 19.6. The molecule has 0 atom stereocenters. The monoisotopic (exact) mass is 496 g/mol. The molecule has 7 nitrogen and oxygen atoms in total. The average molecular weight is 497 g/mol. The Morgan fingerprint density at radius 3 is 2.63 bits per heavy atom. The van der Waals surface area contributed by atoms with Crippen LogP contribution in [0.25, 0.3) is 21.3 Å². The molecule has 4 aromatic rings. The van der Waals surface area contributed by atoms with E-state index in [1.165, 1.54) is 22.3 Å². The smallest absolute Gasteiger partial charge is 0.243 e. The van der Waals surface area contributed by atoms with Gasteiger partial charge in [-0.1, -0.05) is 30.3 Å². The van der Waals surface area contributed by atoms with Gasteiger partial charge in [0, 0.05) is 22.7 Å². The summed E-state index contributed by atoms with van der Waals surface area (Å²) in [6.07, 6.45) is 0. The minimum absolute atomic E-state index is 0.0982. The molecule has 2 aromatic carbocycles. The third kappa shape index (κ3) is 5.45. The van der Waals surface area contributed by atoms with Crippen molar-refractivity contribution in [3.63, 3.8) is 0 Å². The van der Waals surface area contributed by atoms with Crippen LogP contribution in [0.2, 0.25) is 0 Å². The van der Waals surface area contributed by atoms with Crippen LogP contribution in [0.4, 0.5) is 20.3 Å². The number of carbonyl (C=O) groups excluding carboxylic acids is 1. The third-order valence-corrected chi connectivity index (χ3v) is 6.66. The summed E-state index contributed by atoms with van der Waals surface area (Å²) >= 11 is 1.54. The number of halogens is 2. The fraction of sp³-hybridized carbons (Fsp3) is 0.240. The first-order valence-corrected chi connectivity index (χ1v) is 12.2. The predicted octanol–water partition coefficient (Wildman–Crippen LogP) is 3.10. The number of nitrogens with zero attached hydrogens (tertiary/aromatic N) is 2. The summed E-state index contributed by atoms with van der Waals surface area (Å²) in [5.41, 5.74) is 2.20. The van der Waals surface area contributed by atoms with Gasteiger partial charge in [-0.25, -0.2) is 18.7 Å². The zero-order chi connectivity index (χ0) is 24.2. The van der Waals surface area contributed by atoms with E-state index in [0.717, 1.165) is 46.6 Å². The Hall–Kier alpha value is -3.47. The topological polar surface area (TPSA) is 80.6 Å². The Balaban J connectivity index is 1.41. The summed E-state index contributed by atoms with van der Waals surface area (Å²) in [5, 5.41) is 8.63. The number of aromatic nitrogens is 2. The molecule has 2 aromatic heterocycles. The van der Waals surface area contributed by atoms with Gasteiger partial charge in [0.2, 0.25) is 5.91 Å². The standard InChI is InChI=1S/C25H23F2N5O2S/c26-19-7-6-17(12-20(19)27)29-22(33)13-28-24-23-18(16-4-2-1-3-5-16)15-35-25(23)31-21(30-24)14-32-8-10-34-11-9-32/h1-7,12,15H,8-11,13-14H2,(H,29,33)(H,28,30,31)/p+1. The minimum atomic E-state index is -1.02. The molecule has 1 aliphatic rings. The minimum Gasteiger partial charge on any atom is -0.370 e. The lowest BCUT2D eigenvalue weighted by Gasteiger charge is -2.23. The van der Waals surface area contributed by atoms with Gasteiger partial charge in [-0.3, -0.25) is 4.79 Å². The van der Waals surface area contributed by atoms with E-state index in [1.807, 2.05) is 35.7 Å². The number of amides is 1. The van der Waals surface area contributed by atoms with E-state index >= 15 is 0 Å². The number of morpholine rings is 1. The third-order valence-electron chi connectivity index (χ3n) is 5.79. The lowest BCUT2D eigenvalue weighted by Crippen LogP contribution is -3.12. The molecule has 0 unspecified atom stereocenters. The number of carbonyl (C=O) groups is 1. The molecule has 180 valence electrons. The van der Waals surface area contributed by atoms with Crippen molar-refractivity contribution in [2.45, 2.75) is 6.54 Å². The second-order valence-corrected chi connectivity index (χ2v) is 9.11. The molecule has 0 bridgehead atoms. The van der Waals surface area contributed by atoms with Crippen LogP contribution in [-0.2, 0) is 16.1 Å². The Bertz CT molecular complexity index is 1340. The molecule has 5 rings (SSSR count). The van der Waals surface area contributed by atoms with E-state index in [4.69, 9.17) is 14.7 Å². The van der Waals surface area contributed by atoms with Crippen molar-refractivity contribution in [2.24, 2.45) is 0 Å². The SMILES string of the molecule is O=C(CNc1nc(C[NH+]2CCOCC2)nc2scc(-c3ccccc3)c12)Nc1ccc(F)c(F)c1. The second-order valence-electron chi connectivity index (χ2n) is 8.25. The average Bonchev–Trinajstić information content (AvgIpc) is 3.30. The number of thiophene rings is 1. The fourth-order valence-electron chi connectivity index (χ4n) is 4.03. The van der Waals surface area contributed by atoms with Crippen molar-refractivity contribution in [3.05, 3.63) is 71.4 Å². The molecule has 35 heavy (non-hydrogen) atoms. The van der Waals surface area contributed by atoms with Gasteiger partial charge in [0.05, 0.1) is 25.1 Å². The van der Waals surface area contributed by atoms with E-state index in [2.05, 4.69) is 10.6 Å². The first-order chi connectivity index (χ1) is 17.1. The molecule has 1 saturated heterocycles. The van der Waals surface area contributed by atoms with Crippen LogP contribution in [0, 0.1) is 11.6 Å². The number of rotatable bonds is 7. The molecule has 10 heteroatoms. The highest BCUT2D eigenvalue weighted by Gasteiger charge is 2.20. The molecular formula is C25H24F2N5O2S+. The largest absolute Gasteiger partial charge is 0.370 e. The first-order valence-electron chi connectivity index (χ1n) is 11.3. The number of hydrogen-bond donors (Lipinski definition) is 3. The van der Waals surface area contributed by atoms with Gasteiger partial charge < -0.3 is 20.3 Å². The Kier molecular flexibility index (Phi) is 6.94. The van der Waals surface area contributed by atoms with Crippen LogP contribution in [-0.4, -0.2) is 48.7 Å². The molecule has 0 spiro atoms. The van der Waals surface area contributed by atoms with Crippen molar-refractivity contribution in [1.82, 2.24) is 9.97 Å². The zero-order valence-electron chi connectivity index (χ0n) is 18.8. The summed E-state index contributed by atoms with van der Waals surface area (Å²) < 4.78 is 32.1. The lowest BCUT2D eigenvalue weighted by atomic mass is 10.1. The molecule has 3 heterocycles. The predicted molar refractivity (Wildman–Crippen MR) is 132 cm³/mol. The quantitative estimate of drug-likeness (QED) is 0.367. The number of nitrogens with one attached hydrogen (secondary N) is 3. The van der Waals surface area contributed by atoms with Gasteiger partial charge in [-0.2, -0.15) is 0 Å². The van der Waals surface area contributed by atoms with Crippen LogP contribution < -0.4 is 15.5 Å². The number of quaternary nitrogens is 1. The van der Waals surface area contributed by atoms with E-state index in [0.29, 0.717) is 31.4 Å². The maximum atomic E-state index is 13.5. The molecule has 0 saturated carbocycles. The molecule has 1 amide bonds. The summed E-state index contributed by atoms with van der Waals surface area (Å²) in [6, 6.07) is 13.2. The summed E-state index contributed by atoms with van der Waals surface area (Å²) in [4.78, 5) is 24.4. The van der Waals surface area contributed by atoms with Crippen molar-refractivity contribution >= 4 is 39.0 Å². The molecule has 0 aliphatic carbocycles. The van der Waals surface area contributed by atoms with Crippen LogP contribution in [0.5, 0.6) is 0 Å². The Morgan fingerprint density at radius 2 is 1.86 bits per heavy atom. The maximum Gasteiger partial charge on any atom is 0.243 e. The van der Waals surface area contributed by atoms with Gasteiger partial charge in [0.15, 0.2) is 17.5 Å². The molecule has 3 N–H and O–H groups in total. The van der Waals surface area contributed by atoms with Crippen LogP contribution >= 0.6 is 11.3 Å². The Morgan fingerprint density at radius 1 is 1.06 bits per heavy atom. The van der Waals surface area contributed by atoms with Gasteiger partial charge in [-0.05, 0) is 17.7 Å². The van der Waals surface area contributed by atoms with Crippen LogP contribution in [0.3, 0.4) is 0 Å². The van der Waals surface area contributed by atoms with E-state index < -0.39 is 17.5 Å². The maximum absolute atomic E-state index is 13.5. The van der Waals surface area contributed by atoms with Crippen molar-refractivity contribution in [3.8, 4) is 11.1 Å².